The van der Waals surface area contributed by atoms with Crippen LogP contribution in [0.25, 0.3) is 0 Å². The van der Waals surface area contributed by atoms with Crippen LogP contribution in [-0.2, 0) is 27.8 Å². The zero-order chi connectivity index (χ0) is 35.8. The van der Waals surface area contributed by atoms with Crippen LogP contribution in [0.4, 0.5) is 5.69 Å². The van der Waals surface area contributed by atoms with Crippen LogP contribution in [0.1, 0.15) is 74.4 Å². The normalized spacial score (nSPS) is 30.7. The third-order valence-electron chi connectivity index (χ3n) is 12.2. The van der Waals surface area contributed by atoms with Crippen LogP contribution < -0.4 is 14.4 Å². The smallest absolute Gasteiger partial charge is 0.264 e. The van der Waals surface area contributed by atoms with Crippen LogP contribution in [0.15, 0.2) is 48.6 Å². The van der Waals surface area contributed by atoms with Crippen molar-refractivity contribution >= 4 is 33.2 Å². The maximum Gasteiger partial charge on any atom is 0.264 e. The molecular formula is C39H55ClN4O5S. The number of methoxy groups -OCH3 is 1. The average Bonchev–Trinajstić information content (AvgIpc) is 3.07. The number of nitrogens with zero attached hydrogens (tertiary/aromatic N) is 3. The minimum absolute atomic E-state index is 0.131. The number of sulfonamides is 1. The third kappa shape index (κ3) is 7.61. The van der Waals surface area contributed by atoms with Crippen molar-refractivity contribution in [3.8, 4) is 5.75 Å². The molecule has 2 aromatic rings. The van der Waals surface area contributed by atoms with Crippen LogP contribution >= 0.6 is 11.6 Å². The van der Waals surface area contributed by atoms with E-state index in [9.17, 15) is 13.2 Å². The molecule has 4 aliphatic rings. The average molecular weight is 727 g/mol. The van der Waals surface area contributed by atoms with Crippen molar-refractivity contribution in [3.63, 3.8) is 0 Å². The van der Waals surface area contributed by atoms with Crippen molar-refractivity contribution in [2.45, 2.75) is 82.3 Å². The number of likely N-dealkylation sites (N-methyl/N-ethyl adjacent to an activating group) is 1. The number of carbonyl (C=O) groups excluding carboxylic acids is 1. The number of ether oxygens (including phenoxy) is 2. The van der Waals surface area contributed by atoms with Gasteiger partial charge >= 0.3 is 0 Å². The van der Waals surface area contributed by atoms with Gasteiger partial charge < -0.3 is 19.3 Å². The molecule has 6 rings (SSSR count). The predicted molar refractivity (Wildman–Crippen MR) is 201 cm³/mol. The molecule has 3 aliphatic heterocycles. The number of anilines is 1. The molecular weight excluding hydrogens is 672 g/mol. The number of halogens is 1. The monoisotopic (exact) mass is 726 g/mol. The van der Waals surface area contributed by atoms with Gasteiger partial charge in [-0.3, -0.25) is 9.69 Å². The van der Waals surface area contributed by atoms with Crippen molar-refractivity contribution in [2.75, 3.05) is 58.8 Å². The Balaban J connectivity index is 1.39. The lowest BCUT2D eigenvalue weighted by atomic mass is 9.63. The summed E-state index contributed by atoms with van der Waals surface area (Å²) in [6.45, 7) is 10.6. The van der Waals surface area contributed by atoms with Crippen LogP contribution in [-0.4, -0.2) is 94.4 Å². The lowest BCUT2D eigenvalue weighted by Crippen LogP contribution is -2.70. The molecule has 11 heteroatoms. The number of hydrogen-bond acceptors (Lipinski definition) is 8. The first-order valence-corrected chi connectivity index (χ1v) is 20.1. The highest BCUT2D eigenvalue weighted by atomic mass is 35.5. The molecule has 0 spiro atoms. The number of nitrogens with one attached hydrogen (secondary N) is 1. The Morgan fingerprint density at radius 2 is 1.86 bits per heavy atom. The van der Waals surface area contributed by atoms with Crippen LogP contribution in [0.3, 0.4) is 0 Å². The molecule has 2 fully saturated rings. The Morgan fingerprint density at radius 1 is 1.08 bits per heavy atom. The number of aryl methyl sites for hydroxylation is 1. The van der Waals surface area contributed by atoms with E-state index < -0.39 is 26.8 Å². The second-order valence-corrected chi connectivity index (χ2v) is 18.2. The lowest BCUT2D eigenvalue weighted by Gasteiger charge is -2.57. The van der Waals surface area contributed by atoms with E-state index in [0.29, 0.717) is 30.3 Å². The van der Waals surface area contributed by atoms with Gasteiger partial charge in [-0.2, -0.15) is 0 Å². The van der Waals surface area contributed by atoms with Crippen LogP contribution in [0.5, 0.6) is 5.75 Å². The standard InChI is InChI=1S/C39H55ClN4O5S/c1-27-10-9-18-39(48-6,26-43-24-38(3,25-43)42(4)5)34-16-13-31(34)22-44-19-8-7-11-29-20-33(40)15-12-32(29)23-49-36-17-14-30(21-35(36)44)37(45)41-50(46,47)28(27)2/h9,12,14-15,17-18,20-21,27-28,31,34H,7-8,10-11,13,16,19,22-26H2,1-6H3,(H,41,45)/b18-9+/t27-,28+,31-,34+,39-/m0/s1. The number of rotatable bonds is 4. The highest BCUT2D eigenvalue weighted by Gasteiger charge is 2.51. The van der Waals surface area contributed by atoms with Gasteiger partial charge in [0.15, 0.2) is 0 Å². The van der Waals surface area contributed by atoms with E-state index in [2.05, 4.69) is 52.6 Å². The molecule has 1 aliphatic carbocycles. The van der Waals surface area contributed by atoms with Gasteiger partial charge in [0.1, 0.15) is 18.0 Å². The molecule has 0 radical (unpaired) electrons. The SMILES string of the molecule is CO[C@]1(CN2CC(C)(N(C)C)C2)/C=C/C[C@H](C)[C@@H](C)S(=O)(=O)NC(=O)c2ccc3c(c2)N(CCCCc2cc(Cl)ccc2CO3)C[C@@H]2CC[C@H]21. The van der Waals surface area contributed by atoms with Gasteiger partial charge in [0.2, 0.25) is 10.0 Å². The molecule has 50 heavy (non-hydrogen) atoms. The highest BCUT2D eigenvalue weighted by Crippen LogP contribution is 2.47. The molecule has 2 bridgehead atoms. The van der Waals surface area contributed by atoms with Crippen molar-refractivity contribution in [1.82, 2.24) is 14.5 Å². The first-order valence-electron chi connectivity index (χ1n) is 18.2. The lowest BCUT2D eigenvalue weighted by molar-refractivity contribution is -0.120. The Morgan fingerprint density at radius 3 is 2.56 bits per heavy atom. The van der Waals surface area contributed by atoms with Crippen LogP contribution in [0.2, 0.25) is 5.02 Å². The minimum atomic E-state index is -3.95. The van der Waals surface area contributed by atoms with E-state index in [1.807, 2.05) is 44.4 Å². The Hall–Kier alpha value is -2.63. The zero-order valence-corrected chi connectivity index (χ0v) is 32.2. The molecule has 0 aromatic heterocycles. The van der Waals surface area contributed by atoms with E-state index in [-0.39, 0.29) is 17.4 Å². The number of benzene rings is 2. The predicted octanol–water partition coefficient (Wildman–Crippen LogP) is 6.15. The van der Waals surface area contributed by atoms with E-state index in [0.717, 1.165) is 81.1 Å². The third-order valence-corrected chi connectivity index (χ3v) is 14.4. The topological polar surface area (TPSA) is 91.4 Å². The molecule has 9 nitrogen and oxygen atoms in total. The molecule has 0 unspecified atom stereocenters. The number of hydrogen-bond donors (Lipinski definition) is 1. The van der Waals surface area contributed by atoms with E-state index in [1.165, 1.54) is 5.56 Å². The van der Waals surface area contributed by atoms with Gasteiger partial charge in [0, 0.05) is 56.0 Å². The fourth-order valence-corrected chi connectivity index (χ4v) is 9.77. The molecule has 3 heterocycles. The summed E-state index contributed by atoms with van der Waals surface area (Å²) in [5, 5.41) is -0.0578. The number of likely N-dealkylation sites (tertiary alicyclic amines) is 1. The summed E-state index contributed by atoms with van der Waals surface area (Å²) < 4.78 is 42.6. The van der Waals surface area contributed by atoms with Gasteiger partial charge in [-0.25, -0.2) is 13.1 Å². The second-order valence-electron chi connectivity index (χ2n) is 15.7. The van der Waals surface area contributed by atoms with E-state index in [4.69, 9.17) is 21.1 Å². The maximum absolute atomic E-state index is 13.6. The van der Waals surface area contributed by atoms with Crippen LogP contribution in [0, 0.1) is 17.8 Å². The fourth-order valence-electron chi connectivity index (χ4n) is 8.29. The number of amides is 1. The molecule has 1 saturated carbocycles. The summed E-state index contributed by atoms with van der Waals surface area (Å²) in [5.41, 5.74) is 3.01. The molecule has 274 valence electrons. The highest BCUT2D eigenvalue weighted by molar-refractivity contribution is 7.90. The minimum Gasteiger partial charge on any atom is -0.487 e. The molecule has 1 saturated heterocycles. The Kier molecular flexibility index (Phi) is 11.0. The first-order chi connectivity index (χ1) is 23.7. The van der Waals surface area contributed by atoms with Gasteiger partial charge in [-0.1, -0.05) is 36.7 Å². The molecule has 5 atom stereocenters. The molecule has 2 aromatic carbocycles. The summed E-state index contributed by atoms with van der Waals surface area (Å²) in [4.78, 5) is 20.7. The van der Waals surface area contributed by atoms with E-state index in [1.54, 1.807) is 13.0 Å². The van der Waals surface area contributed by atoms with E-state index >= 15 is 0 Å². The van der Waals surface area contributed by atoms with Gasteiger partial charge in [-0.15, -0.1) is 0 Å². The summed E-state index contributed by atoms with van der Waals surface area (Å²) in [5.74, 6) is 0.471. The summed E-state index contributed by atoms with van der Waals surface area (Å²) in [6, 6.07) is 11.3. The van der Waals surface area contributed by atoms with Crippen molar-refractivity contribution in [2.24, 2.45) is 17.8 Å². The maximum atomic E-state index is 13.6. The van der Waals surface area contributed by atoms with Crippen molar-refractivity contribution in [3.05, 3.63) is 70.3 Å². The van der Waals surface area contributed by atoms with Gasteiger partial charge in [-0.05, 0) is 126 Å². The fraction of sp³-hybridized carbons (Fsp3) is 0.615. The number of allylic oxidation sites excluding steroid dienone is 1. The Bertz CT molecular complexity index is 1690. The molecule has 1 N–H and O–H groups in total. The van der Waals surface area contributed by atoms with Gasteiger partial charge in [0.25, 0.3) is 5.91 Å². The zero-order valence-electron chi connectivity index (χ0n) is 30.6. The quantitative estimate of drug-likeness (QED) is 0.376. The summed E-state index contributed by atoms with van der Waals surface area (Å²) >= 11 is 6.39. The van der Waals surface area contributed by atoms with Crippen molar-refractivity contribution in [1.29, 1.82) is 0 Å². The summed E-state index contributed by atoms with van der Waals surface area (Å²) in [7, 11) is 2.18. The first kappa shape index (κ1) is 37.1. The summed E-state index contributed by atoms with van der Waals surface area (Å²) in [6.07, 6.45) is 9.88. The Labute approximate surface area is 304 Å². The molecule has 1 amide bonds. The second kappa shape index (κ2) is 14.8. The van der Waals surface area contributed by atoms with Gasteiger partial charge in [0.05, 0.1) is 10.9 Å². The largest absolute Gasteiger partial charge is 0.487 e. The number of carbonyl (C=O) groups is 1. The van der Waals surface area contributed by atoms with Crippen molar-refractivity contribution < 1.29 is 22.7 Å². The number of fused-ring (bicyclic) bond motifs is 3.